The van der Waals surface area contributed by atoms with Crippen molar-refractivity contribution >= 4 is 0 Å². The van der Waals surface area contributed by atoms with Crippen LogP contribution in [-0.2, 0) is 19.4 Å². The molecule has 0 fully saturated rings. The minimum Gasteiger partial charge on any atom is -0.325 e. The van der Waals surface area contributed by atoms with Gasteiger partial charge in [0.05, 0.1) is 5.69 Å². The van der Waals surface area contributed by atoms with Gasteiger partial charge in [-0.2, -0.15) is 5.10 Å². The van der Waals surface area contributed by atoms with Crippen molar-refractivity contribution in [2.24, 2.45) is 11.7 Å². The zero-order chi connectivity index (χ0) is 8.55. The molecule has 0 spiro atoms. The summed E-state index contributed by atoms with van der Waals surface area (Å²) in [6.07, 6.45) is 3.57. The van der Waals surface area contributed by atoms with Crippen molar-refractivity contribution in [3.8, 4) is 0 Å². The molecule has 0 amide bonds. The standard InChI is InChI=1S/C9H15N3/c1-6-2-3-8-7(4-6)9(5-10)12-11-8/h6H,2-5,10H2,1H3,(H,11,12)/t6-/m0/s1. The number of aryl methyl sites for hydroxylation is 1. The Bertz CT molecular complexity index is 264. The summed E-state index contributed by atoms with van der Waals surface area (Å²) in [6.45, 7) is 2.86. The van der Waals surface area contributed by atoms with Crippen molar-refractivity contribution in [1.29, 1.82) is 0 Å². The maximum Gasteiger partial charge on any atom is 0.0792 e. The van der Waals surface area contributed by atoms with Crippen LogP contribution in [0, 0.1) is 5.92 Å². The summed E-state index contributed by atoms with van der Waals surface area (Å²) in [4.78, 5) is 0. The van der Waals surface area contributed by atoms with Gasteiger partial charge < -0.3 is 5.73 Å². The van der Waals surface area contributed by atoms with Crippen molar-refractivity contribution in [2.75, 3.05) is 0 Å². The van der Waals surface area contributed by atoms with E-state index >= 15 is 0 Å². The minimum absolute atomic E-state index is 0.568. The molecule has 1 aromatic heterocycles. The van der Waals surface area contributed by atoms with E-state index in [-0.39, 0.29) is 0 Å². The zero-order valence-corrected chi connectivity index (χ0v) is 7.43. The fourth-order valence-electron chi connectivity index (χ4n) is 1.90. The molecule has 3 N–H and O–H groups in total. The number of fused-ring (bicyclic) bond motifs is 1. The lowest BCUT2D eigenvalue weighted by atomic mass is 9.88. The molecule has 0 radical (unpaired) electrons. The predicted molar refractivity (Wildman–Crippen MR) is 47.7 cm³/mol. The van der Waals surface area contributed by atoms with Gasteiger partial charge in [0.2, 0.25) is 0 Å². The van der Waals surface area contributed by atoms with Crippen molar-refractivity contribution < 1.29 is 0 Å². The first-order chi connectivity index (χ1) is 5.81. The molecule has 1 aliphatic rings. The number of nitrogens with zero attached hydrogens (tertiary/aromatic N) is 1. The van der Waals surface area contributed by atoms with Gasteiger partial charge in [-0.15, -0.1) is 0 Å². The summed E-state index contributed by atoms with van der Waals surface area (Å²) in [5, 5.41) is 7.27. The van der Waals surface area contributed by atoms with E-state index in [9.17, 15) is 0 Å². The van der Waals surface area contributed by atoms with Gasteiger partial charge in [0, 0.05) is 12.2 Å². The third-order valence-electron chi connectivity index (χ3n) is 2.67. The molecule has 66 valence electrons. The Morgan fingerprint density at radius 3 is 3.25 bits per heavy atom. The van der Waals surface area contributed by atoms with Gasteiger partial charge in [0.1, 0.15) is 0 Å². The molecule has 3 heteroatoms. The number of aromatic amines is 1. The molecule has 1 aliphatic carbocycles. The van der Waals surface area contributed by atoms with Crippen molar-refractivity contribution in [3.05, 3.63) is 17.0 Å². The highest BCUT2D eigenvalue weighted by atomic mass is 15.1. The van der Waals surface area contributed by atoms with Gasteiger partial charge in [-0.1, -0.05) is 6.92 Å². The summed E-state index contributed by atoms with van der Waals surface area (Å²) in [7, 11) is 0. The van der Waals surface area contributed by atoms with E-state index in [0.717, 1.165) is 24.5 Å². The second-order valence-corrected chi connectivity index (χ2v) is 3.68. The summed E-state index contributed by atoms with van der Waals surface area (Å²) in [5.74, 6) is 0.792. The number of nitrogens with one attached hydrogen (secondary N) is 1. The van der Waals surface area contributed by atoms with Crippen molar-refractivity contribution in [1.82, 2.24) is 10.2 Å². The van der Waals surface area contributed by atoms with Crippen molar-refractivity contribution in [3.63, 3.8) is 0 Å². The molecule has 2 rings (SSSR count). The average molecular weight is 165 g/mol. The number of aromatic nitrogens is 2. The van der Waals surface area contributed by atoms with E-state index in [0.29, 0.717) is 6.54 Å². The molecular formula is C9H15N3. The fourth-order valence-corrected chi connectivity index (χ4v) is 1.90. The van der Waals surface area contributed by atoms with Gasteiger partial charge in [-0.3, -0.25) is 5.10 Å². The van der Waals surface area contributed by atoms with Gasteiger partial charge in [-0.05, 0) is 30.7 Å². The van der Waals surface area contributed by atoms with Crippen LogP contribution < -0.4 is 5.73 Å². The summed E-state index contributed by atoms with van der Waals surface area (Å²) >= 11 is 0. The maximum atomic E-state index is 5.58. The van der Waals surface area contributed by atoms with Gasteiger partial charge in [0.25, 0.3) is 0 Å². The second kappa shape index (κ2) is 2.90. The Morgan fingerprint density at radius 1 is 1.67 bits per heavy atom. The highest BCUT2D eigenvalue weighted by Gasteiger charge is 2.19. The predicted octanol–water partition coefficient (Wildman–Crippen LogP) is 0.993. The molecule has 1 heterocycles. The van der Waals surface area contributed by atoms with Crippen LogP contribution in [0.25, 0.3) is 0 Å². The molecule has 3 nitrogen and oxygen atoms in total. The normalized spacial score (nSPS) is 22.3. The quantitative estimate of drug-likeness (QED) is 0.652. The Labute approximate surface area is 72.4 Å². The Hall–Kier alpha value is -0.830. The Balaban J connectivity index is 2.34. The first kappa shape index (κ1) is 7.80. The maximum absolute atomic E-state index is 5.58. The minimum atomic E-state index is 0.568. The SMILES string of the molecule is C[C@H]1CCc2[nH]nc(CN)c2C1. The number of rotatable bonds is 1. The van der Waals surface area contributed by atoms with Crippen LogP contribution in [0.5, 0.6) is 0 Å². The number of hydrogen-bond acceptors (Lipinski definition) is 2. The molecule has 0 unspecified atom stereocenters. The number of nitrogens with two attached hydrogens (primary N) is 1. The van der Waals surface area contributed by atoms with Gasteiger partial charge >= 0.3 is 0 Å². The van der Waals surface area contributed by atoms with E-state index in [2.05, 4.69) is 17.1 Å². The zero-order valence-electron chi connectivity index (χ0n) is 7.43. The van der Waals surface area contributed by atoms with Crippen LogP contribution in [0.2, 0.25) is 0 Å². The van der Waals surface area contributed by atoms with Crippen molar-refractivity contribution in [2.45, 2.75) is 32.7 Å². The molecule has 0 saturated carbocycles. The fraction of sp³-hybridized carbons (Fsp3) is 0.667. The summed E-state index contributed by atoms with van der Waals surface area (Å²) in [6, 6.07) is 0. The monoisotopic (exact) mass is 165 g/mol. The molecule has 0 bridgehead atoms. The van der Waals surface area contributed by atoms with E-state index in [1.54, 1.807) is 0 Å². The van der Waals surface area contributed by atoms with E-state index in [1.165, 1.54) is 17.7 Å². The topological polar surface area (TPSA) is 54.7 Å². The molecule has 0 saturated heterocycles. The molecule has 0 aliphatic heterocycles. The number of hydrogen-bond donors (Lipinski definition) is 2. The highest BCUT2D eigenvalue weighted by molar-refractivity contribution is 5.27. The Kier molecular flexibility index (Phi) is 1.89. The van der Waals surface area contributed by atoms with Crippen LogP contribution in [-0.4, -0.2) is 10.2 Å². The van der Waals surface area contributed by atoms with Crippen LogP contribution >= 0.6 is 0 Å². The van der Waals surface area contributed by atoms with E-state index < -0.39 is 0 Å². The second-order valence-electron chi connectivity index (χ2n) is 3.68. The molecule has 0 aromatic carbocycles. The molecule has 1 atom stereocenters. The van der Waals surface area contributed by atoms with Crippen LogP contribution in [0.4, 0.5) is 0 Å². The number of H-pyrrole nitrogens is 1. The molecule has 1 aromatic rings. The van der Waals surface area contributed by atoms with Gasteiger partial charge in [0.15, 0.2) is 0 Å². The Morgan fingerprint density at radius 2 is 2.50 bits per heavy atom. The third-order valence-corrected chi connectivity index (χ3v) is 2.67. The lowest BCUT2D eigenvalue weighted by molar-refractivity contribution is 0.496. The smallest absolute Gasteiger partial charge is 0.0792 e. The van der Waals surface area contributed by atoms with E-state index in [4.69, 9.17) is 5.73 Å². The van der Waals surface area contributed by atoms with Gasteiger partial charge in [-0.25, -0.2) is 0 Å². The van der Waals surface area contributed by atoms with Crippen LogP contribution in [0.1, 0.15) is 30.3 Å². The van der Waals surface area contributed by atoms with E-state index in [1.807, 2.05) is 0 Å². The highest BCUT2D eigenvalue weighted by Crippen LogP contribution is 2.25. The third kappa shape index (κ3) is 1.14. The molecular weight excluding hydrogens is 150 g/mol. The largest absolute Gasteiger partial charge is 0.325 e. The van der Waals surface area contributed by atoms with Crippen LogP contribution in [0.3, 0.4) is 0 Å². The lowest BCUT2D eigenvalue weighted by Crippen LogP contribution is -2.12. The van der Waals surface area contributed by atoms with Crippen LogP contribution in [0.15, 0.2) is 0 Å². The average Bonchev–Trinajstić information content (AvgIpc) is 2.46. The first-order valence-corrected chi connectivity index (χ1v) is 4.56. The molecule has 12 heavy (non-hydrogen) atoms. The summed E-state index contributed by atoms with van der Waals surface area (Å²) in [5.41, 5.74) is 9.35. The first-order valence-electron chi connectivity index (χ1n) is 4.56. The lowest BCUT2D eigenvalue weighted by Gasteiger charge is -2.17. The summed E-state index contributed by atoms with van der Waals surface area (Å²) < 4.78 is 0.